The average Bonchev–Trinajstić information content (AvgIpc) is 2.15. The lowest BCUT2D eigenvalue weighted by atomic mass is 9.52. The molecule has 0 aromatic rings. The quantitative estimate of drug-likeness (QED) is 0.578. The van der Waals surface area contributed by atoms with Crippen molar-refractivity contribution in [1.82, 2.24) is 0 Å². The molecule has 0 radical (unpaired) electrons. The first kappa shape index (κ1) is 8.53. The molecule has 0 aromatic heterocycles. The number of hydrogen-bond acceptors (Lipinski definition) is 1. The van der Waals surface area contributed by atoms with Gasteiger partial charge in [-0.15, -0.1) is 0 Å². The molecule has 0 unspecified atom stereocenters. The fraction of sp³-hybridized carbons (Fsp3) is 0.769. The Hall–Kier alpha value is -0.770. The van der Waals surface area contributed by atoms with Crippen LogP contribution in [-0.2, 0) is 0 Å². The van der Waals surface area contributed by atoms with E-state index >= 15 is 0 Å². The summed E-state index contributed by atoms with van der Waals surface area (Å²) in [7, 11) is 0. The van der Waals surface area contributed by atoms with Crippen molar-refractivity contribution in [2.45, 2.75) is 32.1 Å². The molecular formula is C13H17N. The van der Waals surface area contributed by atoms with E-state index in [-0.39, 0.29) is 0 Å². The highest BCUT2D eigenvalue weighted by Crippen LogP contribution is 2.56. The number of hydrogen-bond donors (Lipinski definition) is 0. The minimum absolute atomic E-state index is 0.752. The molecule has 0 saturated heterocycles. The molecule has 4 fully saturated rings. The lowest BCUT2D eigenvalue weighted by Crippen LogP contribution is -2.44. The summed E-state index contributed by atoms with van der Waals surface area (Å²) in [5.74, 6) is 4.70. The molecule has 4 aliphatic rings. The van der Waals surface area contributed by atoms with Crippen LogP contribution in [0.25, 0.3) is 0 Å². The van der Waals surface area contributed by atoms with Crippen LogP contribution in [-0.4, -0.2) is 0 Å². The molecule has 4 rings (SSSR count). The maximum atomic E-state index is 8.58. The van der Waals surface area contributed by atoms with Crippen molar-refractivity contribution in [2.24, 2.45) is 29.6 Å². The van der Waals surface area contributed by atoms with E-state index < -0.39 is 0 Å². The summed E-state index contributed by atoms with van der Waals surface area (Å²) in [5.41, 5.74) is 0. The molecule has 0 amide bonds. The smallest absolute Gasteiger partial charge is 0.0908 e. The molecule has 4 aliphatic carbocycles. The molecule has 1 heteroatoms. The van der Waals surface area contributed by atoms with E-state index in [1.165, 1.54) is 32.1 Å². The van der Waals surface area contributed by atoms with Crippen LogP contribution in [0, 0.1) is 40.9 Å². The molecule has 4 bridgehead atoms. The largest absolute Gasteiger partial charge is 0.193 e. The first-order chi connectivity index (χ1) is 6.86. The minimum atomic E-state index is 0.752. The Balaban J connectivity index is 1.81. The van der Waals surface area contributed by atoms with Crippen LogP contribution in [0.5, 0.6) is 0 Å². The molecule has 0 N–H and O–H groups in total. The second-order valence-corrected chi connectivity index (χ2v) is 5.50. The third-order valence-corrected chi connectivity index (χ3v) is 4.69. The molecule has 0 spiro atoms. The van der Waals surface area contributed by atoms with Crippen LogP contribution in [0.3, 0.4) is 0 Å². The predicted octanol–water partition coefficient (Wildman–Crippen LogP) is 3.14. The molecule has 14 heavy (non-hydrogen) atoms. The van der Waals surface area contributed by atoms with Crippen LogP contribution in [0.2, 0.25) is 0 Å². The van der Waals surface area contributed by atoms with Crippen LogP contribution in [0.1, 0.15) is 32.1 Å². The van der Waals surface area contributed by atoms with E-state index in [1.807, 2.05) is 0 Å². The van der Waals surface area contributed by atoms with E-state index in [0.717, 1.165) is 29.6 Å². The highest BCUT2D eigenvalue weighted by atomic mass is 14.5. The first-order valence-corrected chi connectivity index (χ1v) is 5.93. The molecule has 4 saturated carbocycles. The third-order valence-electron chi connectivity index (χ3n) is 4.69. The van der Waals surface area contributed by atoms with E-state index in [2.05, 4.69) is 12.1 Å². The zero-order valence-corrected chi connectivity index (χ0v) is 8.52. The summed E-state index contributed by atoms with van der Waals surface area (Å²) in [4.78, 5) is 0. The summed E-state index contributed by atoms with van der Waals surface area (Å²) >= 11 is 0. The molecular weight excluding hydrogens is 170 g/mol. The fourth-order valence-electron chi connectivity index (χ4n) is 4.44. The summed E-state index contributed by atoms with van der Waals surface area (Å²) in [6.45, 7) is 0. The Kier molecular flexibility index (Phi) is 1.90. The number of nitriles is 1. The lowest BCUT2D eigenvalue weighted by Gasteiger charge is -2.53. The average molecular weight is 187 g/mol. The maximum absolute atomic E-state index is 8.58. The zero-order valence-electron chi connectivity index (χ0n) is 8.52. The van der Waals surface area contributed by atoms with Gasteiger partial charge in [-0.2, -0.15) is 5.26 Å². The van der Waals surface area contributed by atoms with Gasteiger partial charge in [0.2, 0.25) is 0 Å². The Morgan fingerprint density at radius 3 is 2.00 bits per heavy atom. The fourth-order valence-corrected chi connectivity index (χ4v) is 4.44. The van der Waals surface area contributed by atoms with Gasteiger partial charge >= 0.3 is 0 Å². The van der Waals surface area contributed by atoms with Gasteiger partial charge in [-0.25, -0.2) is 0 Å². The standard InChI is InChI=1S/C13H17N/c14-3-1-2-13-11-5-9-4-10(7-11)8-12(13)6-9/h1-2,9-13H,4-8H2/b2-1+. The van der Waals surface area contributed by atoms with Crippen molar-refractivity contribution in [3.8, 4) is 6.07 Å². The Labute approximate surface area is 85.8 Å². The maximum Gasteiger partial charge on any atom is 0.0908 e. The second kappa shape index (κ2) is 3.12. The van der Waals surface area contributed by atoms with Crippen LogP contribution < -0.4 is 0 Å². The van der Waals surface area contributed by atoms with E-state index in [0.29, 0.717) is 0 Å². The normalized spacial score (nSPS) is 49.8. The molecule has 0 aliphatic heterocycles. The van der Waals surface area contributed by atoms with Gasteiger partial charge < -0.3 is 0 Å². The molecule has 1 nitrogen and oxygen atoms in total. The van der Waals surface area contributed by atoms with Crippen molar-refractivity contribution >= 4 is 0 Å². The number of allylic oxidation sites excluding steroid dienone is 2. The topological polar surface area (TPSA) is 23.8 Å². The Bertz CT molecular complexity index is 269. The van der Waals surface area contributed by atoms with Crippen LogP contribution in [0.4, 0.5) is 0 Å². The van der Waals surface area contributed by atoms with Crippen molar-refractivity contribution < 1.29 is 0 Å². The summed E-state index contributed by atoms with van der Waals surface area (Å²) in [5, 5.41) is 8.58. The molecule has 0 atom stereocenters. The van der Waals surface area contributed by atoms with Crippen molar-refractivity contribution in [3.05, 3.63) is 12.2 Å². The van der Waals surface area contributed by atoms with Gasteiger partial charge in [0.25, 0.3) is 0 Å². The third kappa shape index (κ3) is 1.21. The Morgan fingerprint density at radius 1 is 0.929 bits per heavy atom. The van der Waals surface area contributed by atoms with Crippen molar-refractivity contribution in [3.63, 3.8) is 0 Å². The predicted molar refractivity (Wildman–Crippen MR) is 55.3 cm³/mol. The second-order valence-electron chi connectivity index (χ2n) is 5.50. The van der Waals surface area contributed by atoms with Gasteiger partial charge in [-0.05, 0) is 61.7 Å². The lowest BCUT2D eigenvalue weighted by molar-refractivity contribution is -0.0161. The minimum Gasteiger partial charge on any atom is -0.193 e. The monoisotopic (exact) mass is 187 g/mol. The Morgan fingerprint density at radius 2 is 1.50 bits per heavy atom. The summed E-state index contributed by atoms with van der Waals surface area (Å²) < 4.78 is 0. The highest BCUT2D eigenvalue weighted by Gasteiger charge is 2.46. The summed E-state index contributed by atoms with van der Waals surface area (Å²) in [6.07, 6.45) is 11.2. The van der Waals surface area contributed by atoms with Crippen LogP contribution >= 0.6 is 0 Å². The summed E-state index contributed by atoms with van der Waals surface area (Å²) in [6, 6.07) is 2.15. The van der Waals surface area contributed by atoms with Gasteiger partial charge in [0.05, 0.1) is 6.07 Å². The molecule has 0 heterocycles. The number of rotatable bonds is 1. The molecule has 0 aromatic carbocycles. The van der Waals surface area contributed by atoms with E-state index in [1.54, 1.807) is 6.08 Å². The van der Waals surface area contributed by atoms with E-state index in [9.17, 15) is 0 Å². The van der Waals surface area contributed by atoms with Gasteiger partial charge in [-0.1, -0.05) is 6.08 Å². The highest BCUT2D eigenvalue weighted by molar-refractivity contribution is 5.10. The SMILES string of the molecule is N#C/C=C/C1C2CC3CC(C2)CC1C3. The number of nitrogens with zero attached hydrogens (tertiary/aromatic N) is 1. The van der Waals surface area contributed by atoms with Crippen molar-refractivity contribution in [2.75, 3.05) is 0 Å². The first-order valence-electron chi connectivity index (χ1n) is 5.93. The van der Waals surface area contributed by atoms with Gasteiger partial charge in [0, 0.05) is 6.08 Å². The zero-order chi connectivity index (χ0) is 9.54. The van der Waals surface area contributed by atoms with Gasteiger partial charge in [0.1, 0.15) is 0 Å². The van der Waals surface area contributed by atoms with Gasteiger partial charge in [0.15, 0.2) is 0 Å². The van der Waals surface area contributed by atoms with Crippen molar-refractivity contribution in [1.29, 1.82) is 5.26 Å². The van der Waals surface area contributed by atoms with Crippen LogP contribution in [0.15, 0.2) is 12.2 Å². The van der Waals surface area contributed by atoms with Gasteiger partial charge in [-0.3, -0.25) is 0 Å². The van der Waals surface area contributed by atoms with E-state index in [4.69, 9.17) is 5.26 Å². The molecule has 74 valence electrons.